The van der Waals surface area contributed by atoms with Crippen LogP contribution in [0.25, 0.3) is 0 Å². The fourth-order valence-electron chi connectivity index (χ4n) is 0.978. The number of halogens is 1. The minimum absolute atomic E-state index is 0. The summed E-state index contributed by atoms with van der Waals surface area (Å²) in [6.45, 7) is 7.77. The lowest BCUT2D eigenvalue weighted by atomic mass is 10.1. The van der Waals surface area contributed by atoms with Gasteiger partial charge in [0.1, 0.15) is 6.04 Å². The van der Waals surface area contributed by atoms with Gasteiger partial charge in [0.2, 0.25) is 0 Å². The Morgan fingerprint density at radius 1 is 1.46 bits per heavy atom. The smallest absolute Gasteiger partial charge is 0.321 e. The highest BCUT2D eigenvalue weighted by molar-refractivity contribution is 8.01. The second-order valence-corrected chi connectivity index (χ2v) is 5.82. The molecule has 0 unspecified atom stereocenters. The highest BCUT2D eigenvalue weighted by atomic mass is 35.5. The predicted molar refractivity (Wildman–Crippen MR) is 59.7 cm³/mol. The predicted octanol–water partition coefficient (Wildman–Crippen LogP) is 1.74. The molecule has 13 heavy (non-hydrogen) atoms. The van der Waals surface area contributed by atoms with E-state index in [1.807, 2.05) is 27.7 Å². The van der Waals surface area contributed by atoms with Crippen molar-refractivity contribution in [3.05, 3.63) is 0 Å². The molecule has 0 aromatic rings. The van der Waals surface area contributed by atoms with E-state index in [0.29, 0.717) is 5.25 Å². The van der Waals surface area contributed by atoms with Crippen LogP contribution in [0.2, 0.25) is 0 Å². The van der Waals surface area contributed by atoms with Crippen molar-refractivity contribution in [2.24, 2.45) is 5.73 Å². The number of nitrogens with two attached hydrogens (primary N) is 1. The van der Waals surface area contributed by atoms with E-state index in [9.17, 15) is 4.79 Å². The summed E-state index contributed by atoms with van der Waals surface area (Å²) < 4.78 is -0.403. The average molecular weight is 228 g/mol. The summed E-state index contributed by atoms with van der Waals surface area (Å²) in [7, 11) is 0. The third kappa shape index (κ3) is 5.39. The van der Waals surface area contributed by atoms with Gasteiger partial charge in [0.05, 0.1) is 0 Å². The molecule has 3 nitrogen and oxygen atoms in total. The van der Waals surface area contributed by atoms with Crippen LogP contribution in [0.5, 0.6) is 0 Å². The van der Waals surface area contributed by atoms with Gasteiger partial charge in [0.15, 0.2) is 0 Å². The third-order valence-corrected chi connectivity index (χ3v) is 2.89. The minimum atomic E-state index is -0.937. The van der Waals surface area contributed by atoms with Crippen molar-refractivity contribution in [1.29, 1.82) is 0 Å². The van der Waals surface area contributed by atoms with Gasteiger partial charge in [-0.2, -0.15) is 11.8 Å². The zero-order chi connectivity index (χ0) is 9.94. The van der Waals surface area contributed by atoms with E-state index < -0.39 is 16.8 Å². The SMILES string of the molecule is CC(C)SC(C)(C)[C@H](N)C(=O)O.Cl. The zero-order valence-corrected chi connectivity index (χ0v) is 10.0. The van der Waals surface area contributed by atoms with Crippen molar-refractivity contribution >= 4 is 30.1 Å². The summed E-state index contributed by atoms with van der Waals surface area (Å²) in [6, 6.07) is -0.801. The molecule has 5 heteroatoms. The molecule has 80 valence electrons. The van der Waals surface area contributed by atoms with Crippen LogP contribution >= 0.6 is 24.2 Å². The lowest BCUT2D eigenvalue weighted by molar-refractivity contribution is -0.139. The Hall–Kier alpha value is 0.0700. The van der Waals surface area contributed by atoms with Crippen LogP contribution in [0.4, 0.5) is 0 Å². The number of carbonyl (C=O) groups is 1. The van der Waals surface area contributed by atoms with Crippen LogP contribution < -0.4 is 5.73 Å². The van der Waals surface area contributed by atoms with E-state index in [1.54, 1.807) is 11.8 Å². The van der Waals surface area contributed by atoms with E-state index >= 15 is 0 Å². The highest BCUT2D eigenvalue weighted by Gasteiger charge is 2.33. The van der Waals surface area contributed by atoms with Crippen LogP contribution in [-0.4, -0.2) is 27.1 Å². The van der Waals surface area contributed by atoms with Gasteiger partial charge < -0.3 is 10.8 Å². The van der Waals surface area contributed by atoms with Crippen molar-refractivity contribution in [2.75, 3.05) is 0 Å². The maximum absolute atomic E-state index is 10.6. The highest BCUT2D eigenvalue weighted by Crippen LogP contribution is 2.30. The summed E-state index contributed by atoms with van der Waals surface area (Å²) in [6.07, 6.45) is 0. The van der Waals surface area contributed by atoms with Crippen LogP contribution in [-0.2, 0) is 4.79 Å². The second-order valence-electron chi connectivity index (χ2n) is 3.59. The third-order valence-electron chi connectivity index (χ3n) is 1.55. The summed E-state index contributed by atoms with van der Waals surface area (Å²) in [5.74, 6) is -0.937. The second kappa shape index (κ2) is 5.73. The molecule has 0 aliphatic rings. The summed E-state index contributed by atoms with van der Waals surface area (Å²) in [5.41, 5.74) is 5.52. The number of thioether (sulfide) groups is 1. The van der Waals surface area contributed by atoms with Gasteiger partial charge in [-0.3, -0.25) is 4.79 Å². The van der Waals surface area contributed by atoms with Gasteiger partial charge in [-0.1, -0.05) is 13.8 Å². The Balaban J connectivity index is 0. The Kier molecular flexibility index (Phi) is 6.85. The molecule has 0 aromatic heterocycles. The Morgan fingerprint density at radius 2 is 1.85 bits per heavy atom. The van der Waals surface area contributed by atoms with Crippen LogP contribution in [0, 0.1) is 0 Å². The fraction of sp³-hybridized carbons (Fsp3) is 0.875. The molecule has 0 aliphatic heterocycles. The van der Waals surface area contributed by atoms with Gasteiger partial charge in [0.25, 0.3) is 0 Å². The minimum Gasteiger partial charge on any atom is -0.480 e. The molecule has 1 atom stereocenters. The molecule has 0 fully saturated rings. The van der Waals surface area contributed by atoms with E-state index in [-0.39, 0.29) is 12.4 Å². The first-order chi connectivity index (χ1) is 5.27. The molecule has 0 aromatic carbocycles. The fourth-order valence-corrected chi connectivity index (χ4v) is 2.44. The van der Waals surface area contributed by atoms with Crippen LogP contribution in [0.15, 0.2) is 0 Å². The molecule has 0 radical (unpaired) electrons. The number of rotatable bonds is 4. The van der Waals surface area contributed by atoms with E-state index in [0.717, 1.165) is 0 Å². The monoisotopic (exact) mass is 227 g/mol. The van der Waals surface area contributed by atoms with E-state index in [4.69, 9.17) is 10.8 Å². The average Bonchev–Trinajstić information content (AvgIpc) is 1.82. The number of carboxylic acid groups (broad SMARTS) is 1. The van der Waals surface area contributed by atoms with Gasteiger partial charge >= 0.3 is 5.97 Å². The summed E-state index contributed by atoms with van der Waals surface area (Å²) in [4.78, 5) is 10.6. The molecule has 0 aliphatic carbocycles. The quantitative estimate of drug-likeness (QED) is 0.768. The largest absolute Gasteiger partial charge is 0.480 e. The topological polar surface area (TPSA) is 63.3 Å². The van der Waals surface area contributed by atoms with Gasteiger partial charge in [-0.25, -0.2) is 0 Å². The van der Waals surface area contributed by atoms with Gasteiger partial charge in [0, 0.05) is 4.75 Å². The van der Waals surface area contributed by atoms with Crippen molar-refractivity contribution in [3.63, 3.8) is 0 Å². The maximum Gasteiger partial charge on any atom is 0.321 e. The molecule has 3 N–H and O–H groups in total. The molecule has 0 amide bonds. The number of hydrogen-bond acceptors (Lipinski definition) is 3. The molecule has 0 spiro atoms. The molecule has 0 bridgehead atoms. The number of aliphatic carboxylic acids is 1. The molecule has 0 saturated heterocycles. The lowest BCUT2D eigenvalue weighted by Gasteiger charge is -2.29. The maximum atomic E-state index is 10.6. The normalized spacial score (nSPS) is 13.7. The van der Waals surface area contributed by atoms with Crippen molar-refractivity contribution in [1.82, 2.24) is 0 Å². The number of hydrogen-bond donors (Lipinski definition) is 2. The van der Waals surface area contributed by atoms with Gasteiger partial charge in [-0.05, 0) is 19.1 Å². The molecular formula is C8H18ClNO2S. The Morgan fingerprint density at radius 3 is 2.08 bits per heavy atom. The molecule has 0 rings (SSSR count). The molecule has 0 heterocycles. The van der Waals surface area contributed by atoms with Crippen LogP contribution in [0.1, 0.15) is 27.7 Å². The van der Waals surface area contributed by atoms with Crippen molar-refractivity contribution < 1.29 is 9.90 Å². The van der Waals surface area contributed by atoms with Crippen molar-refractivity contribution in [2.45, 2.75) is 43.7 Å². The van der Waals surface area contributed by atoms with Crippen LogP contribution in [0.3, 0.4) is 0 Å². The first-order valence-corrected chi connectivity index (χ1v) is 4.81. The summed E-state index contributed by atoms with van der Waals surface area (Å²) in [5, 5.41) is 9.09. The summed E-state index contributed by atoms with van der Waals surface area (Å²) >= 11 is 1.59. The van der Waals surface area contributed by atoms with E-state index in [1.165, 1.54) is 0 Å². The number of carboxylic acids is 1. The lowest BCUT2D eigenvalue weighted by Crippen LogP contribution is -2.47. The van der Waals surface area contributed by atoms with Gasteiger partial charge in [-0.15, -0.1) is 12.4 Å². The Bertz CT molecular complexity index is 174. The first kappa shape index (κ1) is 15.5. The Labute approximate surface area is 89.9 Å². The zero-order valence-electron chi connectivity index (χ0n) is 8.40. The van der Waals surface area contributed by atoms with Crippen molar-refractivity contribution in [3.8, 4) is 0 Å². The first-order valence-electron chi connectivity index (χ1n) is 3.93. The molecular weight excluding hydrogens is 210 g/mol. The van der Waals surface area contributed by atoms with E-state index in [2.05, 4.69) is 0 Å². The standard InChI is InChI=1S/C8H17NO2S.ClH/c1-5(2)12-8(3,4)6(9)7(10)11;/h5-6H,9H2,1-4H3,(H,10,11);1H/t6-;/m1./s1. The molecule has 0 saturated carbocycles.